The number of ketones is 1. The molecule has 1 unspecified atom stereocenters. The molecule has 8 heteroatoms. The number of thiazole rings is 1. The van der Waals surface area contributed by atoms with Crippen LogP contribution in [0, 0.1) is 12.8 Å². The van der Waals surface area contributed by atoms with Crippen molar-refractivity contribution in [2.45, 2.75) is 38.8 Å². The van der Waals surface area contributed by atoms with Gasteiger partial charge in [0.1, 0.15) is 0 Å². The second-order valence-electron chi connectivity index (χ2n) is 6.98. The first kappa shape index (κ1) is 20.5. The Hall–Kier alpha value is -2.22. The van der Waals surface area contributed by atoms with E-state index in [1.165, 1.54) is 23.5 Å². The van der Waals surface area contributed by atoms with Crippen molar-refractivity contribution in [3.8, 4) is 0 Å². The average Bonchev–Trinajstić information content (AvgIpc) is 3.10. The van der Waals surface area contributed by atoms with Gasteiger partial charge in [0, 0.05) is 35.9 Å². The number of amides is 1. The van der Waals surface area contributed by atoms with Crippen LogP contribution in [-0.4, -0.2) is 34.7 Å². The number of nitrogens with zero attached hydrogens (tertiary/aromatic N) is 2. The van der Waals surface area contributed by atoms with E-state index in [9.17, 15) is 22.8 Å². The molecule has 28 heavy (non-hydrogen) atoms. The lowest BCUT2D eigenvalue weighted by atomic mass is 9.89. The molecule has 1 aliphatic rings. The number of carbonyl (C=O) groups is 2. The zero-order chi connectivity index (χ0) is 20.3. The molecule has 1 aromatic heterocycles. The molecule has 0 N–H and O–H groups in total. The van der Waals surface area contributed by atoms with Crippen molar-refractivity contribution in [3.63, 3.8) is 0 Å². The lowest BCUT2D eigenvalue weighted by molar-refractivity contribution is -0.137. The Morgan fingerprint density at radius 1 is 1.25 bits per heavy atom. The minimum absolute atomic E-state index is 0.00211. The summed E-state index contributed by atoms with van der Waals surface area (Å²) in [6.07, 6.45) is -2.08. The van der Waals surface area contributed by atoms with Gasteiger partial charge in [0.15, 0.2) is 5.78 Å². The van der Waals surface area contributed by atoms with Gasteiger partial charge in [-0.15, -0.1) is 11.3 Å². The number of piperidine rings is 1. The van der Waals surface area contributed by atoms with Crippen LogP contribution < -0.4 is 0 Å². The lowest BCUT2D eigenvalue weighted by Crippen LogP contribution is -2.42. The SMILES string of the molecule is Cc1ncsc1CCC(=O)N1CCCC(C(=O)c2ccc(C(F)(F)F)cc2)C1. The molecule has 1 aliphatic heterocycles. The molecule has 1 fully saturated rings. The summed E-state index contributed by atoms with van der Waals surface area (Å²) in [4.78, 5) is 32.2. The minimum Gasteiger partial charge on any atom is -0.342 e. The summed E-state index contributed by atoms with van der Waals surface area (Å²) in [6, 6.07) is 4.30. The number of halogens is 3. The number of carbonyl (C=O) groups excluding carboxylic acids is 2. The summed E-state index contributed by atoms with van der Waals surface area (Å²) in [5.74, 6) is -0.582. The molecule has 150 valence electrons. The molecule has 4 nitrogen and oxygen atoms in total. The van der Waals surface area contributed by atoms with Crippen LogP contribution in [0.15, 0.2) is 29.8 Å². The fourth-order valence-corrected chi connectivity index (χ4v) is 4.20. The van der Waals surface area contributed by atoms with E-state index < -0.39 is 11.7 Å². The van der Waals surface area contributed by atoms with Gasteiger partial charge >= 0.3 is 6.18 Å². The van der Waals surface area contributed by atoms with Crippen molar-refractivity contribution < 1.29 is 22.8 Å². The summed E-state index contributed by atoms with van der Waals surface area (Å²) < 4.78 is 38.0. The van der Waals surface area contributed by atoms with E-state index in [4.69, 9.17) is 0 Å². The second-order valence-corrected chi connectivity index (χ2v) is 7.92. The van der Waals surface area contributed by atoms with Crippen LogP contribution in [0.4, 0.5) is 13.2 Å². The number of Topliss-reactive ketones (excluding diaryl/α,β-unsaturated/α-hetero) is 1. The predicted octanol–water partition coefficient (Wildman–Crippen LogP) is 4.52. The predicted molar refractivity (Wildman–Crippen MR) is 100 cm³/mol. The van der Waals surface area contributed by atoms with Crippen LogP contribution >= 0.6 is 11.3 Å². The third-order valence-corrected chi connectivity index (χ3v) is 6.05. The molecule has 1 atom stereocenters. The fraction of sp³-hybridized carbons (Fsp3) is 0.450. The van der Waals surface area contributed by atoms with Crippen molar-refractivity contribution in [2.75, 3.05) is 13.1 Å². The largest absolute Gasteiger partial charge is 0.416 e. The summed E-state index contributed by atoms with van der Waals surface area (Å²) in [5, 5.41) is 0. The van der Waals surface area contributed by atoms with Crippen molar-refractivity contribution in [1.82, 2.24) is 9.88 Å². The number of hydrogen-bond donors (Lipinski definition) is 0. The van der Waals surface area contributed by atoms with Gasteiger partial charge in [-0.05, 0) is 38.3 Å². The molecule has 1 saturated heterocycles. The Morgan fingerprint density at radius 2 is 1.96 bits per heavy atom. The van der Waals surface area contributed by atoms with Crippen LogP contribution in [0.1, 0.15) is 45.8 Å². The maximum absolute atomic E-state index is 12.7. The Kier molecular flexibility index (Phi) is 6.17. The van der Waals surface area contributed by atoms with Crippen LogP contribution in [0.2, 0.25) is 0 Å². The Morgan fingerprint density at radius 3 is 2.57 bits per heavy atom. The fourth-order valence-electron chi connectivity index (χ4n) is 3.42. The summed E-state index contributed by atoms with van der Waals surface area (Å²) in [5.41, 5.74) is 2.18. The standard InChI is InChI=1S/C20H21F3N2O2S/c1-13-17(28-12-24-13)8-9-18(26)25-10-2-3-15(11-25)19(27)14-4-6-16(7-5-14)20(21,22)23/h4-7,12,15H,2-3,8-11H2,1H3. The van der Waals surface area contributed by atoms with Crippen LogP contribution in [-0.2, 0) is 17.4 Å². The topological polar surface area (TPSA) is 50.3 Å². The zero-order valence-corrected chi connectivity index (χ0v) is 16.3. The van der Waals surface area contributed by atoms with E-state index in [-0.39, 0.29) is 23.2 Å². The molecule has 1 aromatic carbocycles. The average molecular weight is 410 g/mol. The number of aromatic nitrogens is 1. The Balaban J connectivity index is 1.60. The van der Waals surface area contributed by atoms with Gasteiger partial charge < -0.3 is 4.90 Å². The molecular weight excluding hydrogens is 389 g/mol. The highest BCUT2D eigenvalue weighted by Crippen LogP contribution is 2.30. The van der Waals surface area contributed by atoms with E-state index in [0.717, 1.165) is 22.7 Å². The van der Waals surface area contributed by atoms with E-state index in [0.29, 0.717) is 38.8 Å². The second kappa shape index (κ2) is 8.43. The van der Waals surface area contributed by atoms with Gasteiger partial charge in [-0.25, -0.2) is 4.98 Å². The summed E-state index contributed by atoms with van der Waals surface area (Å²) in [7, 11) is 0. The first-order chi connectivity index (χ1) is 13.3. The van der Waals surface area contributed by atoms with Crippen molar-refractivity contribution >= 4 is 23.0 Å². The van der Waals surface area contributed by atoms with Gasteiger partial charge in [-0.3, -0.25) is 9.59 Å². The van der Waals surface area contributed by atoms with E-state index in [2.05, 4.69) is 4.98 Å². The Bertz CT molecular complexity index is 846. The molecule has 0 radical (unpaired) electrons. The number of likely N-dealkylation sites (tertiary alicyclic amines) is 1. The molecule has 2 heterocycles. The third kappa shape index (κ3) is 4.79. The van der Waals surface area contributed by atoms with Gasteiger partial charge in [0.25, 0.3) is 0 Å². The quantitative estimate of drug-likeness (QED) is 0.681. The minimum atomic E-state index is -4.42. The highest BCUT2D eigenvalue weighted by Gasteiger charge is 2.32. The van der Waals surface area contributed by atoms with Gasteiger partial charge in [0.2, 0.25) is 5.91 Å². The van der Waals surface area contributed by atoms with Gasteiger partial charge in [-0.2, -0.15) is 13.2 Å². The highest BCUT2D eigenvalue weighted by atomic mass is 32.1. The van der Waals surface area contributed by atoms with Crippen LogP contribution in [0.5, 0.6) is 0 Å². The van der Waals surface area contributed by atoms with Gasteiger partial charge in [0.05, 0.1) is 16.8 Å². The van der Waals surface area contributed by atoms with E-state index in [1.54, 1.807) is 10.4 Å². The molecule has 1 amide bonds. The smallest absolute Gasteiger partial charge is 0.342 e. The van der Waals surface area contributed by atoms with E-state index >= 15 is 0 Å². The first-order valence-electron chi connectivity index (χ1n) is 9.14. The van der Waals surface area contributed by atoms with Crippen molar-refractivity contribution in [2.24, 2.45) is 5.92 Å². The summed E-state index contributed by atoms with van der Waals surface area (Å²) >= 11 is 1.53. The molecule has 0 aliphatic carbocycles. The number of aryl methyl sites for hydroxylation is 2. The van der Waals surface area contributed by atoms with Crippen molar-refractivity contribution in [3.05, 3.63) is 51.5 Å². The van der Waals surface area contributed by atoms with E-state index in [1.807, 2.05) is 6.92 Å². The number of benzene rings is 1. The van der Waals surface area contributed by atoms with Crippen LogP contribution in [0.25, 0.3) is 0 Å². The third-order valence-electron chi connectivity index (χ3n) is 5.05. The zero-order valence-electron chi connectivity index (χ0n) is 15.5. The number of rotatable bonds is 5. The normalized spacial score (nSPS) is 17.6. The maximum atomic E-state index is 12.7. The molecule has 0 bridgehead atoms. The maximum Gasteiger partial charge on any atom is 0.416 e. The summed E-state index contributed by atoms with van der Waals surface area (Å²) in [6.45, 7) is 2.84. The Labute approximate surface area is 165 Å². The highest BCUT2D eigenvalue weighted by molar-refractivity contribution is 7.09. The molecule has 0 saturated carbocycles. The number of hydrogen-bond acceptors (Lipinski definition) is 4. The van der Waals surface area contributed by atoms with Crippen LogP contribution in [0.3, 0.4) is 0 Å². The van der Waals surface area contributed by atoms with Crippen molar-refractivity contribution in [1.29, 1.82) is 0 Å². The monoisotopic (exact) mass is 410 g/mol. The molecule has 0 spiro atoms. The first-order valence-corrected chi connectivity index (χ1v) is 10.0. The molecule has 3 rings (SSSR count). The molecular formula is C20H21F3N2O2S. The molecule has 2 aromatic rings. The number of alkyl halides is 3. The lowest BCUT2D eigenvalue weighted by Gasteiger charge is -2.32. The van der Waals surface area contributed by atoms with Gasteiger partial charge in [-0.1, -0.05) is 12.1 Å².